The first-order valence-corrected chi connectivity index (χ1v) is 10.5. The van der Waals surface area contributed by atoms with Gasteiger partial charge in [-0.05, 0) is 19.4 Å². The average Bonchev–Trinajstić information content (AvgIpc) is 3.01. The number of aromatic nitrogens is 2. The lowest BCUT2D eigenvalue weighted by molar-refractivity contribution is 0.0707. The molecule has 1 aliphatic heterocycles. The number of nitrogens with one attached hydrogen (secondary N) is 1. The molecule has 1 atom stereocenters. The number of rotatable bonds is 6. The summed E-state index contributed by atoms with van der Waals surface area (Å²) in [5.41, 5.74) is 0.776. The lowest BCUT2D eigenvalue weighted by atomic mass is 10.2. The summed E-state index contributed by atoms with van der Waals surface area (Å²) >= 11 is 0. The highest BCUT2D eigenvalue weighted by atomic mass is 32.2. The Balaban J connectivity index is 1.65. The van der Waals surface area contributed by atoms with Crippen LogP contribution in [0.2, 0.25) is 0 Å². The third-order valence-corrected chi connectivity index (χ3v) is 6.29. The Hall–Kier alpha value is -2.55. The molecule has 1 fully saturated rings. The molecular formula is C18H21FN4O3S. The summed E-state index contributed by atoms with van der Waals surface area (Å²) < 4.78 is 37.0. The highest BCUT2D eigenvalue weighted by Crippen LogP contribution is 2.19. The van der Waals surface area contributed by atoms with E-state index < -0.39 is 9.84 Å². The number of carbonyl (C=O) groups is 1. The summed E-state index contributed by atoms with van der Waals surface area (Å²) in [6.45, 7) is 2.45. The molecular weight excluding hydrogens is 371 g/mol. The summed E-state index contributed by atoms with van der Waals surface area (Å²) in [6, 6.07) is 6.08. The molecule has 2 heterocycles. The summed E-state index contributed by atoms with van der Waals surface area (Å²) in [5, 5.41) is 2.91. The van der Waals surface area contributed by atoms with E-state index in [1.807, 2.05) is 6.92 Å². The maximum atomic E-state index is 13.6. The molecule has 1 aliphatic rings. The van der Waals surface area contributed by atoms with Crippen LogP contribution in [0.4, 0.5) is 10.3 Å². The van der Waals surface area contributed by atoms with Crippen molar-refractivity contribution >= 4 is 21.7 Å². The van der Waals surface area contributed by atoms with Crippen molar-refractivity contribution in [1.82, 2.24) is 14.9 Å². The van der Waals surface area contributed by atoms with Crippen molar-refractivity contribution < 1.29 is 17.6 Å². The van der Waals surface area contributed by atoms with Gasteiger partial charge in [-0.25, -0.2) is 22.8 Å². The van der Waals surface area contributed by atoms with Crippen LogP contribution in [0.5, 0.6) is 0 Å². The zero-order valence-corrected chi connectivity index (χ0v) is 15.7. The number of halogens is 1. The van der Waals surface area contributed by atoms with Crippen LogP contribution in [0.1, 0.15) is 29.3 Å². The minimum Gasteiger partial charge on any atom is -0.350 e. The van der Waals surface area contributed by atoms with Crippen LogP contribution < -0.4 is 5.32 Å². The van der Waals surface area contributed by atoms with Gasteiger partial charge in [0.1, 0.15) is 5.82 Å². The third kappa shape index (κ3) is 4.60. The lowest BCUT2D eigenvalue weighted by Gasteiger charge is -2.26. The molecule has 1 amide bonds. The Morgan fingerprint density at radius 3 is 2.59 bits per heavy atom. The fourth-order valence-electron chi connectivity index (χ4n) is 3.10. The maximum Gasteiger partial charge on any atom is 0.257 e. The van der Waals surface area contributed by atoms with Gasteiger partial charge < -0.3 is 10.2 Å². The van der Waals surface area contributed by atoms with E-state index in [9.17, 15) is 17.6 Å². The number of amides is 1. The van der Waals surface area contributed by atoms with Gasteiger partial charge >= 0.3 is 0 Å². The van der Waals surface area contributed by atoms with Gasteiger partial charge in [-0.2, -0.15) is 0 Å². The van der Waals surface area contributed by atoms with E-state index in [2.05, 4.69) is 15.3 Å². The molecule has 7 nitrogen and oxygen atoms in total. The van der Waals surface area contributed by atoms with Crippen LogP contribution in [-0.2, 0) is 16.4 Å². The maximum absolute atomic E-state index is 13.6. The highest BCUT2D eigenvalue weighted by molar-refractivity contribution is 7.91. The van der Waals surface area contributed by atoms with E-state index in [1.165, 1.54) is 18.5 Å². The molecule has 144 valence electrons. The number of hydrogen-bond donors (Lipinski definition) is 1. The van der Waals surface area contributed by atoms with Crippen LogP contribution in [0.25, 0.3) is 0 Å². The highest BCUT2D eigenvalue weighted by Gasteiger charge is 2.34. The molecule has 0 aliphatic carbocycles. The predicted octanol–water partition coefficient (Wildman–Crippen LogP) is 1.88. The predicted molar refractivity (Wildman–Crippen MR) is 99.5 cm³/mol. The normalized spacial score (nSPS) is 18.2. The molecule has 2 aromatic rings. The Labute approximate surface area is 157 Å². The number of benzene rings is 1. The van der Waals surface area contributed by atoms with E-state index in [1.54, 1.807) is 23.1 Å². The SMILES string of the molecule is CCN(C(=O)c1cnc(NCc2ccccc2F)nc1)C1CCS(=O)(=O)C1. The molecule has 27 heavy (non-hydrogen) atoms. The van der Waals surface area contributed by atoms with Gasteiger partial charge in [0.15, 0.2) is 9.84 Å². The van der Waals surface area contributed by atoms with Crippen molar-refractivity contribution in [2.24, 2.45) is 0 Å². The van der Waals surface area contributed by atoms with Crippen LogP contribution in [0, 0.1) is 5.82 Å². The second kappa shape index (κ2) is 7.99. The van der Waals surface area contributed by atoms with Crippen molar-refractivity contribution in [3.8, 4) is 0 Å². The van der Waals surface area contributed by atoms with Crippen molar-refractivity contribution in [1.29, 1.82) is 0 Å². The summed E-state index contributed by atoms with van der Waals surface area (Å²) in [5.74, 6) is -0.226. The topological polar surface area (TPSA) is 92.3 Å². The molecule has 1 aromatic carbocycles. The smallest absolute Gasteiger partial charge is 0.257 e. The van der Waals surface area contributed by atoms with Gasteiger partial charge in [-0.1, -0.05) is 18.2 Å². The molecule has 1 aromatic heterocycles. The molecule has 0 saturated carbocycles. The minimum absolute atomic E-state index is 0.00425. The van der Waals surface area contributed by atoms with Crippen LogP contribution in [0.15, 0.2) is 36.7 Å². The number of anilines is 1. The van der Waals surface area contributed by atoms with E-state index in [0.717, 1.165) is 0 Å². The Kier molecular flexibility index (Phi) is 5.69. The second-order valence-corrected chi connectivity index (χ2v) is 8.62. The molecule has 0 bridgehead atoms. The van der Waals surface area contributed by atoms with E-state index in [4.69, 9.17) is 0 Å². The largest absolute Gasteiger partial charge is 0.350 e. The summed E-state index contributed by atoms with van der Waals surface area (Å²) in [7, 11) is -3.08. The Bertz CT molecular complexity index is 918. The first kappa shape index (κ1) is 19.2. The Morgan fingerprint density at radius 1 is 1.30 bits per heavy atom. The first-order valence-electron chi connectivity index (χ1n) is 8.70. The molecule has 9 heteroatoms. The second-order valence-electron chi connectivity index (χ2n) is 6.39. The van der Waals surface area contributed by atoms with Crippen molar-refractivity contribution in [2.75, 3.05) is 23.4 Å². The van der Waals surface area contributed by atoms with Crippen molar-refractivity contribution in [2.45, 2.75) is 25.9 Å². The first-order chi connectivity index (χ1) is 12.9. The third-order valence-electron chi connectivity index (χ3n) is 4.54. The van der Waals surface area contributed by atoms with E-state index >= 15 is 0 Å². The molecule has 3 rings (SSSR count). The van der Waals surface area contributed by atoms with E-state index in [-0.39, 0.29) is 47.3 Å². The fraction of sp³-hybridized carbons (Fsp3) is 0.389. The summed E-state index contributed by atoms with van der Waals surface area (Å²) in [6.07, 6.45) is 3.24. The molecule has 0 spiro atoms. The number of carbonyl (C=O) groups excluding carboxylic acids is 1. The lowest BCUT2D eigenvalue weighted by Crippen LogP contribution is -2.41. The Morgan fingerprint density at radius 2 is 2.00 bits per heavy atom. The molecule has 0 radical (unpaired) electrons. The fourth-order valence-corrected chi connectivity index (χ4v) is 4.83. The zero-order valence-electron chi connectivity index (χ0n) is 14.9. The van der Waals surface area contributed by atoms with Gasteiger partial charge in [0.2, 0.25) is 5.95 Å². The van der Waals surface area contributed by atoms with E-state index in [0.29, 0.717) is 18.5 Å². The van der Waals surface area contributed by atoms with Crippen molar-refractivity contribution in [3.05, 3.63) is 53.6 Å². The molecule has 1 saturated heterocycles. The molecule has 1 N–H and O–H groups in total. The monoisotopic (exact) mass is 392 g/mol. The minimum atomic E-state index is -3.08. The van der Waals surface area contributed by atoms with Crippen molar-refractivity contribution in [3.63, 3.8) is 0 Å². The van der Waals surface area contributed by atoms with Gasteiger partial charge in [0.05, 0.1) is 17.1 Å². The quantitative estimate of drug-likeness (QED) is 0.807. The van der Waals surface area contributed by atoms with Crippen LogP contribution in [-0.4, -0.2) is 53.3 Å². The van der Waals surface area contributed by atoms with Crippen LogP contribution in [0.3, 0.4) is 0 Å². The summed E-state index contributed by atoms with van der Waals surface area (Å²) in [4.78, 5) is 22.5. The van der Waals surface area contributed by atoms with Gasteiger partial charge in [0, 0.05) is 37.1 Å². The number of sulfone groups is 1. The number of nitrogens with zero attached hydrogens (tertiary/aromatic N) is 3. The van der Waals surface area contributed by atoms with Gasteiger partial charge in [-0.3, -0.25) is 4.79 Å². The van der Waals surface area contributed by atoms with Gasteiger partial charge in [-0.15, -0.1) is 0 Å². The zero-order chi connectivity index (χ0) is 19.4. The standard InChI is InChI=1S/C18H21FN4O3S/c1-2-23(15-7-8-27(25,26)12-15)17(24)14-10-21-18(22-11-14)20-9-13-5-3-4-6-16(13)19/h3-6,10-11,15H,2,7-9,12H2,1H3,(H,20,21,22). The van der Waals surface area contributed by atoms with Crippen LogP contribution >= 0.6 is 0 Å². The number of hydrogen-bond acceptors (Lipinski definition) is 6. The average molecular weight is 392 g/mol. The molecule has 1 unspecified atom stereocenters. The van der Waals surface area contributed by atoms with Gasteiger partial charge in [0.25, 0.3) is 5.91 Å².